The number of halogens is 3. The van der Waals surface area contributed by atoms with Gasteiger partial charge in [0.05, 0.1) is 36.7 Å². The molecule has 2 heterocycles. The van der Waals surface area contributed by atoms with Crippen LogP contribution in [0.1, 0.15) is 22.5 Å². The van der Waals surface area contributed by atoms with Crippen LogP contribution in [0.4, 0.5) is 13.2 Å². The fraction of sp³-hybridized carbons (Fsp3) is 0.471. The monoisotopic (exact) mass is 403 g/mol. The number of benzene rings is 1. The molecule has 1 fully saturated rings. The second-order valence-electron chi connectivity index (χ2n) is 6.37. The van der Waals surface area contributed by atoms with Crippen molar-refractivity contribution in [3.05, 3.63) is 46.8 Å². The van der Waals surface area contributed by atoms with Gasteiger partial charge in [-0.15, -0.1) is 0 Å². The zero-order valence-corrected chi connectivity index (χ0v) is 15.8. The molecule has 2 aromatic rings. The highest BCUT2D eigenvalue weighted by Gasteiger charge is 2.32. The summed E-state index contributed by atoms with van der Waals surface area (Å²) in [5.41, 5.74) is 0.698. The Kier molecular flexibility index (Phi) is 5.33. The first kappa shape index (κ1) is 19.8. The number of morpholine rings is 1. The SMILES string of the molecule is Cc1nn(Cc2ccc(C(F)(F)F)cc2)c(C)c1S(=O)(=O)N1CCOCC1. The van der Waals surface area contributed by atoms with Gasteiger partial charge in [0.2, 0.25) is 10.0 Å². The Morgan fingerprint density at radius 1 is 1.11 bits per heavy atom. The second kappa shape index (κ2) is 7.25. The maximum atomic E-state index is 12.9. The smallest absolute Gasteiger partial charge is 0.379 e. The molecule has 3 rings (SSSR count). The normalized spacial score (nSPS) is 16.6. The van der Waals surface area contributed by atoms with Crippen molar-refractivity contribution in [2.24, 2.45) is 0 Å². The first-order valence-corrected chi connectivity index (χ1v) is 9.83. The Bertz CT molecular complexity index is 915. The van der Waals surface area contributed by atoms with E-state index in [2.05, 4.69) is 5.10 Å². The van der Waals surface area contributed by atoms with Crippen LogP contribution in [0, 0.1) is 13.8 Å². The fourth-order valence-corrected chi connectivity index (χ4v) is 4.88. The molecular formula is C17H20F3N3O3S. The van der Waals surface area contributed by atoms with Gasteiger partial charge >= 0.3 is 6.18 Å². The summed E-state index contributed by atoms with van der Waals surface area (Å²) in [6.07, 6.45) is -4.39. The zero-order valence-electron chi connectivity index (χ0n) is 15.0. The maximum Gasteiger partial charge on any atom is 0.416 e. The van der Waals surface area contributed by atoms with Crippen LogP contribution >= 0.6 is 0 Å². The van der Waals surface area contributed by atoms with Crippen molar-refractivity contribution in [2.75, 3.05) is 26.3 Å². The Hall–Kier alpha value is -1.91. The molecule has 0 unspecified atom stereocenters. The van der Waals surface area contributed by atoms with E-state index in [1.165, 1.54) is 21.1 Å². The number of ether oxygens (including phenoxy) is 1. The number of sulfonamides is 1. The fourth-order valence-electron chi connectivity index (χ4n) is 3.10. The Labute approximate surface area is 155 Å². The van der Waals surface area contributed by atoms with E-state index in [0.29, 0.717) is 30.2 Å². The van der Waals surface area contributed by atoms with Gasteiger partial charge in [0.15, 0.2) is 0 Å². The van der Waals surface area contributed by atoms with Crippen molar-refractivity contribution in [3.63, 3.8) is 0 Å². The summed E-state index contributed by atoms with van der Waals surface area (Å²) in [4.78, 5) is 0.149. The number of rotatable bonds is 4. The van der Waals surface area contributed by atoms with Crippen LogP contribution in [0.3, 0.4) is 0 Å². The first-order chi connectivity index (χ1) is 12.6. The minimum Gasteiger partial charge on any atom is -0.379 e. The molecule has 0 atom stereocenters. The lowest BCUT2D eigenvalue weighted by Gasteiger charge is -2.26. The quantitative estimate of drug-likeness (QED) is 0.787. The van der Waals surface area contributed by atoms with E-state index in [1.807, 2.05) is 0 Å². The lowest BCUT2D eigenvalue weighted by molar-refractivity contribution is -0.137. The summed E-state index contributed by atoms with van der Waals surface area (Å²) in [5.74, 6) is 0. The summed E-state index contributed by atoms with van der Waals surface area (Å²) < 4.78 is 72.0. The van der Waals surface area contributed by atoms with Crippen LogP contribution in [0.15, 0.2) is 29.2 Å². The van der Waals surface area contributed by atoms with Crippen LogP contribution in [-0.2, 0) is 27.5 Å². The standard InChI is InChI=1S/C17H20F3N3O3S/c1-12-16(27(24,25)22-7-9-26-10-8-22)13(2)23(21-12)11-14-3-5-15(6-4-14)17(18,19)20/h3-6H,7-11H2,1-2H3. The number of hydrogen-bond acceptors (Lipinski definition) is 4. The van der Waals surface area contributed by atoms with Crippen LogP contribution in [0.5, 0.6) is 0 Å². The van der Waals surface area contributed by atoms with Crippen molar-refractivity contribution < 1.29 is 26.3 Å². The van der Waals surface area contributed by atoms with E-state index in [4.69, 9.17) is 4.74 Å². The van der Waals surface area contributed by atoms with Gasteiger partial charge in [-0.05, 0) is 31.5 Å². The molecule has 0 spiro atoms. The predicted octanol–water partition coefficient (Wildman–Crippen LogP) is 2.59. The first-order valence-electron chi connectivity index (χ1n) is 8.39. The molecule has 148 valence electrons. The Morgan fingerprint density at radius 3 is 2.26 bits per heavy atom. The van der Waals surface area contributed by atoms with Gasteiger partial charge in [0.1, 0.15) is 4.90 Å². The van der Waals surface area contributed by atoms with Gasteiger partial charge in [-0.25, -0.2) is 8.42 Å². The number of alkyl halides is 3. The number of aromatic nitrogens is 2. The van der Waals surface area contributed by atoms with E-state index in [0.717, 1.165) is 12.1 Å². The Balaban J connectivity index is 1.87. The van der Waals surface area contributed by atoms with Gasteiger partial charge in [-0.1, -0.05) is 12.1 Å². The molecule has 1 saturated heterocycles. The molecule has 27 heavy (non-hydrogen) atoms. The van der Waals surface area contributed by atoms with E-state index >= 15 is 0 Å². The van der Waals surface area contributed by atoms with E-state index in [-0.39, 0.29) is 24.5 Å². The zero-order chi connectivity index (χ0) is 19.8. The predicted molar refractivity (Wildman–Crippen MR) is 91.8 cm³/mol. The van der Waals surface area contributed by atoms with Gasteiger partial charge in [-0.2, -0.15) is 22.6 Å². The number of hydrogen-bond donors (Lipinski definition) is 0. The van der Waals surface area contributed by atoms with Crippen molar-refractivity contribution in [1.82, 2.24) is 14.1 Å². The van der Waals surface area contributed by atoms with Crippen molar-refractivity contribution in [3.8, 4) is 0 Å². The molecule has 6 nitrogen and oxygen atoms in total. The number of aryl methyl sites for hydroxylation is 1. The van der Waals surface area contributed by atoms with Crippen molar-refractivity contribution in [2.45, 2.75) is 31.5 Å². The summed E-state index contributed by atoms with van der Waals surface area (Å²) in [6.45, 7) is 4.70. The molecular weight excluding hydrogens is 383 g/mol. The lowest BCUT2D eigenvalue weighted by Crippen LogP contribution is -2.41. The van der Waals surface area contributed by atoms with Crippen LogP contribution in [0.2, 0.25) is 0 Å². The third kappa shape index (κ3) is 4.02. The summed E-state index contributed by atoms with van der Waals surface area (Å²) in [7, 11) is -3.70. The Morgan fingerprint density at radius 2 is 1.70 bits per heavy atom. The third-order valence-electron chi connectivity index (χ3n) is 4.50. The van der Waals surface area contributed by atoms with Crippen LogP contribution in [-0.4, -0.2) is 48.8 Å². The summed E-state index contributed by atoms with van der Waals surface area (Å²) >= 11 is 0. The molecule has 10 heteroatoms. The van der Waals surface area contributed by atoms with E-state index in [1.54, 1.807) is 13.8 Å². The van der Waals surface area contributed by atoms with Gasteiger partial charge in [-0.3, -0.25) is 4.68 Å². The van der Waals surface area contributed by atoms with E-state index in [9.17, 15) is 21.6 Å². The summed E-state index contributed by atoms with van der Waals surface area (Å²) in [5, 5.41) is 4.30. The minimum absolute atomic E-state index is 0.149. The molecule has 1 aromatic heterocycles. The highest BCUT2D eigenvalue weighted by atomic mass is 32.2. The average molecular weight is 403 g/mol. The molecule has 0 N–H and O–H groups in total. The molecule has 0 radical (unpaired) electrons. The largest absolute Gasteiger partial charge is 0.416 e. The molecule has 0 aliphatic carbocycles. The molecule has 1 aliphatic rings. The maximum absolute atomic E-state index is 12.9. The van der Waals surface area contributed by atoms with Crippen LogP contribution < -0.4 is 0 Å². The number of nitrogens with zero attached hydrogens (tertiary/aromatic N) is 3. The molecule has 0 amide bonds. The highest BCUT2D eigenvalue weighted by Crippen LogP contribution is 2.29. The van der Waals surface area contributed by atoms with Crippen molar-refractivity contribution >= 4 is 10.0 Å². The topological polar surface area (TPSA) is 64.4 Å². The van der Waals surface area contributed by atoms with Gasteiger partial charge in [0, 0.05) is 13.1 Å². The second-order valence-corrected chi connectivity index (χ2v) is 8.24. The van der Waals surface area contributed by atoms with Crippen molar-refractivity contribution in [1.29, 1.82) is 0 Å². The molecule has 0 bridgehead atoms. The minimum atomic E-state index is -4.39. The van der Waals surface area contributed by atoms with Gasteiger partial charge < -0.3 is 4.74 Å². The summed E-state index contributed by atoms with van der Waals surface area (Å²) in [6, 6.07) is 4.75. The highest BCUT2D eigenvalue weighted by molar-refractivity contribution is 7.89. The van der Waals surface area contributed by atoms with Crippen LogP contribution in [0.25, 0.3) is 0 Å². The molecule has 0 saturated carbocycles. The molecule has 1 aliphatic heterocycles. The average Bonchev–Trinajstić information content (AvgIpc) is 2.89. The third-order valence-corrected chi connectivity index (χ3v) is 6.65. The molecule has 1 aromatic carbocycles. The van der Waals surface area contributed by atoms with E-state index < -0.39 is 21.8 Å². The lowest BCUT2D eigenvalue weighted by atomic mass is 10.1. The van der Waals surface area contributed by atoms with Gasteiger partial charge in [0.25, 0.3) is 0 Å².